The van der Waals surface area contributed by atoms with Crippen molar-refractivity contribution in [3.8, 4) is 0 Å². The van der Waals surface area contributed by atoms with Gasteiger partial charge >= 0.3 is 0 Å². The Morgan fingerprint density at radius 2 is 1.65 bits per heavy atom. The number of hydrogen-bond donors (Lipinski definition) is 3. The average molecular weight is 432 g/mol. The van der Waals surface area contributed by atoms with Gasteiger partial charge in [0.15, 0.2) is 0 Å². The van der Waals surface area contributed by atoms with Crippen LogP contribution in [0.1, 0.15) is 85.5 Å². The Kier molecular flexibility index (Phi) is 4.78. The van der Waals surface area contributed by atoms with Crippen LogP contribution in [0.2, 0.25) is 0 Å². The Morgan fingerprint density at radius 3 is 2.39 bits per heavy atom. The maximum absolute atomic E-state index is 11.8. The number of nitrogens with one attached hydrogen (secondary N) is 1. The molecule has 4 aliphatic carbocycles. The van der Waals surface area contributed by atoms with Crippen LogP contribution >= 0.6 is 0 Å². The van der Waals surface area contributed by atoms with Crippen molar-refractivity contribution < 1.29 is 14.9 Å². The van der Waals surface area contributed by atoms with Crippen LogP contribution in [0, 0.1) is 52.3 Å². The van der Waals surface area contributed by atoms with Gasteiger partial charge in [-0.05, 0) is 98.2 Å². The fourth-order valence-electron chi connectivity index (χ4n) is 10.5. The molecule has 2 saturated heterocycles. The molecule has 0 bridgehead atoms. The maximum atomic E-state index is 11.8. The molecular formula is C27H45NO3. The molecule has 4 saturated carbocycles. The molecule has 13 atom stereocenters. The summed E-state index contributed by atoms with van der Waals surface area (Å²) in [6.45, 7) is 10.8. The Morgan fingerprint density at radius 1 is 0.871 bits per heavy atom. The van der Waals surface area contributed by atoms with Crippen molar-refractivity contribution in [1.29, 1.82) is 0 Å². The maximum Gasteiger partial charge on any atom is 0.122 e. The first-order chi connectivity index (χ1) is 14.7. The second kappa shape index (κ2) is 6.93. The van der Waals surface area contributed by atoms with Gasteiger partial charge in [0, 0.05) is 18.4 Å². The molecule has 0 amide bonds. The minimum Gasteiger partial charge on any atom is -0.393 e. The predicted molar refractivity (Wildman–Crippen MR) is 121 cm³/mol. The van der Waals surface area contributed by atoms with Gasteiger partial charge < -0.3 is 14.9 Å². The molecule has 4 nitrogen and oxygen atoms in total. The zero-order valence-corrected chi connectivity index (χ0v) is 20.1. The third-order valence-electron chi connectivity index (χ3n) is 12.1. The highest BCUT2D eigenvalue weighted by molar-refractivity contribution is 5.19. The van der Waals surface area contributed by atoms with Gasteiger partial charge in [0.1, 0.15) is 5.72 Å². The molecule has 6 rings (SSSR count). The first-order valence-electron chi connectivity index (χ1n) is 13.5. The quantitative estimate of drug-likeness (QED) is 0.534. The van der Waals surface area contributed by atoms with E-state index in [4.69, 9.17) is 4.74 Å². The molecule has 0 aromatic heterocycles. The summed E-state index contributed by atoms with van der Waals surface area (Å²) < 4.78 is 6.88. The van der Waals surface area contributed by atoms with Gasteiger partial charge in [0.25, 0.3) is 0 Å². The minimum atomic E-state index is -0.319. The van der Waals surface area contributed by atoms with Crippen LogP contribution in [0.15, 0.2) is 0 Å². The Labute approximate surface area is 188 Å². The van der Waals surface area contributed by atoms with E-state index in [0.29, 0.717) is 40.9 Å². The highest BCUT2D eigenvalue weighted by Crippen LogP contribution is 2.71. The van der Waals surface area contributed by atoms with Gasteiger partial charge in [-0.25, -0.2) is 0 Å². The Hall–Kier alpha value is -0.160. The van der Waals surface area contributed by atoms with Gasteiger partial charge in [-0.2, -0.15) is 0 Å². The molecule has 0 radical (unpaired) electrons. The molecule has 0 aromatic carbocycles. The second-order valence-corrected chi connectivity index (χ2v) is 13.4. The van der Waals surface area contributed by atoms with E-state index in [0.717, 1.165) is 31.7 Å². The van der Waals surface area contributed by atoms with Crippen molar-refractivity contribution in [2.75, 3.05) is 6.54 Å². The topological polar surface area (TPSA) is 61.7 Å². The molecule has 0 unspecified atom stereocenters. The molecule has 6 aliphatic rings. The monoisotopic (exact) mass is 431 g/mol. The molecule has 1 spiro atoms. The van der Waals surface area contributed by atoms with Crippen LogP contribution in [0.25, 0.3) is 0 Å². The van der Waals surface area contributed by atoms with Crippen LogP contribution in [-0.2, 0) is 4.74 Å². The molecule has 176 valence electrons. The fraction of sp³-hybridized carbons (Fsp3) is 1.00. The highest BCUT2D eigenvalue weighted by atomic mass is 16.5. The molecule has 6 fully saturated rings. The van der Waals surface area contributed by atoms with E-state index >= 15 is 0 Å². The first-order valence-corrected chi connectivity index (χ1v) is 13.5. The lowest BCUT2D eigenvalue weighted by Crippen LogP contribution is -2.59. The number of hydrogen-bond acceptors (Lipinski definition) is 4. The van der Waals surface area contributed by atoms with E-state index in [2.05, 4.69) is 33.0 Å². The molecular weight excluding hydrogens is 386 g/mol. The van der Waals surface area contributed by atoms with Crippen LogP contribution in [0.4, 0.5) is 0 Å². The molecule has 3 N–H and O–H groups in total. The lowest BCUT2D eigenvalue weighted by molar-refractivity contribution is -0.170. The number of aliphatic hydroxyl groups is 2. The predicted octanol–water partition coefficient (Wildman–Crippen LogP) is 4.34. The number of piperidine rings is 1. The van der Waals surface area contributed by atoms with Crippen LogP contribution in [0.5, 0.6) is 0 Å². The van der Waals surface area contributed by atoms with E-state index in [1.54, 1.807) is 0 Å². The Balaban J connectivity index is 1.30. The van der Waals surface area contributed by atoms with E-state index < -0.39 is 0 Å². The van der Waals surface area contributed by atoms with Gasteiger partial charge in [-0.3, -0.25) is 5.32 Å². The highest BCUT2D eigenvalue weighted by Gasteiger charge is 2.71. The molecule has 2 heterocycles. The number of fused-ring (bicyclic) bond motifs is 7. The molecule has 0 aromatic rings. The van der Waals surface area contributed by atoms with E-state index in [9.17, 15) is 10.2 Å². The Bertz CT molecular complexity index is 719. The summed E-state index contributed by atoms with van der Waals surface area (Å²) in [6, 6.07) is 0. The summed E-state index contributed by atoms with van der Waals surface area (Å²) in [6.07, 6.45) is 10.1. The van der Waals surface area contributed by atoms with E-state index in [-0.39, 0.29) is 29.5 Å². The molecule has 2 aliphatic heterocycles. The summed E-state index contributed by atoms with van der Waals surface area (Å²) >= 11 is 0. The van der Waals surface area contributed by atoms with Crippen molar-refractivity contribution in [2.24, 2.45) is 52.3 Å². The van der Waals surface area contributed by atoms with E-state index in [1.807, 2.05) is 0 Å². The first kappa shape index (κ1) is 21.4. The van der Waals surface area contributed by atoms with Crippen molar-refractivity contribution in [1.82, 2.24) is 5.32 Å². The normalized spacial score (nSPS) is 63.3. The van der Waals surface area contributed by atoms with Crippen molar-refractivity contribution in [3.05, 3.63) is 0 Å². The van der Waals surface area contributed by atoms with Crippen molar-refractivity contribution in [2.45, 2.75) is 110 Å². The smallest absolute Gasteiger partial charge is 0.122 e. The largest absolute Gasteiger partial charge is 0.393 e. The zero-order chi connectivity index (χ0) is 21.8. The number of rotatable bonds is 0. The second-order valence-electron chi connectivity index (χ2n) is 13.4. The third kappa shape index (κ3) is 2.74. The van der Waals surface area contributed by atoms with Gasteiger partial charge in [0.2, 0.25) is 0 Å². The summed E-state index contributed by atoms with van der Waals surface area (Å²) in [5.41, 5.74) is 0.336. The summed E-state index contributed by atoms with van der Waals surface area (Å²) in [4.78, 5) is 0. The van der Waals surface area contributed by atoms with Crippen molar-refractivity contribution >= 4 is 0 Å². The average Bonchev–Trinajstić information content (AvgIpc) is 3.14. The van der Waals surface area contributed by atoms with Gasteiger partial charge in [-0.1, -0.05) is 27.7 Å². The minimum absolute atomic E-state index is 0.00311. The number of aliphatic hydroxyl groups excluding tert-OH is 2. The third-order valence-corrected chi connectivity index (χ3v) is 12.1. The van der Waals surface area contributed by atoms with Crippen LogP contribution in [-0.4, -0.2) is 40.8 Å². The van der Waals surface area contributed by atoms with Crippen LogP contribution in [0.3, 0.4) is 0 Å². The lowest BCUT2D eigenvalue weighted by Gasteiger charge is -2.61. The van der Waals surface area contributed by atoms with Crippen LogP contribution < -0.4 is 5.32 Å². The summed E-state index contributed by atoms with van der Waals surface area (Å²) in [5.74, 6) is 4.04. The standard InChI is InChI=1S/C27H45NO3/c1-15-7-12-27(28-14-15)16(2)21-24(31-27)23(30)22-19-6-5-17-13-18(29)8-10-25(17,3)20(19)9-11-26(21,22)4/h15-24,28-30H,5-14H2,1-4H3/t15-,16-,17-,18-,19-,20+,21-,22-,23+,24+,25-,26+,27-/m0/s1. The zero-order valence-electron chi connectivity index (χ0n) is 20.1. The van der Waals surface area contributed by atoms with Crippen molar-refractivity contribution in [3.63, 3.8) is 0 Å². The lowest BCUT2D eigenvalue weighted by atomic mass is 9.44. The van der Waals surface area contributed by atoms with Gasteiger partial charge in [0.05, 0.1) is 18.3 Å². The molecule has 31 heavy (non-hydrogen) atoms. The summed E-state index contributed by atoms with van der Waals surface area (Å²) in [7, 11) is 0. The fourth-order valence-corrected chi connectivity index (χ4v) is 10.5. The number of ether oxygens (including phenoxy) is 1. The van der Waals surface area contributed by atoms with E-state index in [1.165, 1.54) is 38.5 Å². The summed E-state index contributed by atoms with van der Waals surface area (Å²) in [5, 5.41) is 25.9. The van der Waals surface area contributed by atoms with Gasteiger partial charge in [-0.15, -0.1) is 0 Å². The SMILES string of the molecule is C[C@H]1CC[C@]2(NC1)O[C@H]1[C@H](O)[C@@H]3[C@H]4CC[C@H]5C[C@@H](O)CC[C@]5(C)[C@@H]4CC[C@]3(C)[C@H]1[C@@H]2C. The molecule has 4 heteroatoms.